The van der Waals surface area contributed by atoms with E-state index in [-0.39, 0.29) is 0 Å². The molecule has 0 saturated heterocycles. The van der Waals surface area contributed by atoms with Gasteiger partial charge in [-0.15, -0.1) is 0 Å². The molecule has 0 aliphatic carbocycles. The van der Waals surface area contributed by atoms with Gasteiger partial charge in [0, 0.05) is 5.39 Å². The van der Waals surface area contributed by atoms with Crippen molar-refractivity contribution in [3.05, 3.63) is 61.2 Å². The van der Waals surface area contributed by atoms with Gasteiger partial charge in [-0.25, -0.2) is 9.55 Å². The molecular formula is C13H11N2+. The molecule has 2 heteroatoms. The first-order chi connectivity index (χ1) is 7.45. The minimum absolute atomic E-state index is 1.20. The molecule has 2 aromatic carbocycles. The minimum Gasteiger partial charge on any atom is -0.250 e. The Hall–Kier alpha value is -2.09. The van der Waals surface area contributed by atoms with E-state index in [4.69, 9.17) is 0 Å². The second-order valence-electron chi connectivity index (χ2n) is 3.52. The standard InChI is InChI=1S/C13H10N2/c1-2-6-12-11(4-1)5-3-7-13(12)15-9-8-14-10-15/h1-10H/p+1. The first-order valence-corrected chi connectivity index (χ1v) is 4.97. The molecule has 0 fully saturated rings. The van der Waals surface area contributed by atoms with E-state index in [9.17, 15) is 0 Å². The number of nitrogens with one attached hydrogen (secondary N) is 1. The van der Waals surface area contributed by atoms with Crippen molar-refractivity contribution < 1.29 is 4.57 Å². The van der Waals surface area contributed by atoms with Crippen molar-refractivity contribution in [3.63, 3.8) is 0 Å². The van der Waals surface area contributed by atoms with E-state index in [1.807, 2.05) is 18.7 Å². The summed E-state index contributed by atoms with van der Waals surface area (Å²) in [7, 11) is 0. The van der Waals surface area contributed by atoms with E-state index in [1.165, 1.54) is 16.5 Å². The lowest BCUT2D eigenvalue weighted by molar-refractivity contribution is -0.592. The normalized spacial score (nSPS) is 10.7. The molecule has 0 aliphatic rings. The molecule has 1 heterocycles. The fraction of sp³-hybridized carbons (Fsp3) is 0. The van der Waals surface area contributed by atoms with Gasteiger partial charge in [0.25, 0.3) is 0 Å². The lowest BCUT2D eigenvalue weighted by atomic mass is 10.1. The highest BCUT2D eigenvalue weighted by Crippen LogP contribution is 2.17. The van der Waals surface area contributed by atoms with Crippen molar-refractivity contribution in [3.8, 4) is 5.69 Å². The summed E-state index contributed by atoms with van der Waals surface area (Å²) in [6, 6.07) is 14.7. The van der Waals surface area contributed by atoms with Gasteiger partial charge in [-0.3, -0.25) is 0 Å². The summed E-state index contributed by atoms with van der Waals surface area (Å²) >= 11 is 0. The van der Waals surface area contributed by atoms with Gasteiger partial charge in [-0.1, -0.05) is 36.4 Å². The summed E-state index contributed by atoms with van der Waals surface area (Å²) in [5, 5.41) is 2.54. The van der Waals surface area contributed by atoms with Crippen LogP contribution in [0, 0.1) is 0 Å². The zero-order valence-electron chi connectivity index (χ0n) is 8.22. The number of hydrogen-bond donors (Lipinski definition) is 1. The quantitative estimate of drug-likeness (QED) is 0.575. The fourth-order valence-corrected chi connectivity index (χ4v) is 1.87. The molecule has 15 heavy (non-hydrogen) atoms. The largest absolute Gasteiger partial charge is 0.250 e. The van der Waals surface area contributed by atoms with Gasteiger partial charge in [0.05, 0.1) is 0 Å². The van der Waals surface area contributed by atoms with Gasteiger partial charge >= 0.3 is 0 Å². The van der Waals surface area contributed by atoms with Crippen LogP contribution in [0.4, 0.5) is 0 Å². The van der Waals surface area contributed by atoms with Crippen LogP contribution in [0.5, 0.6) is 0 Å². The van der Waals surface area contributed by atoms with E-state index >= 15 is 0 Å². The van der Waals surface area contributed by atoms with Crippen LogP contribution in [0.3, 0.4) is 0 Å². The Kier molecular flexibility index (Phi) is 1.78. The summed E-state index contributed by atoms with van der Waals surface area (Å²) in [6.07, 6.45) is 5.88. The molecule has 0 amide bonds. The summed E-state index contributed by atoms with van der Waals surface area (Å²) in [6.45, 7) is 0. The van der Waals surface area contributed by atoms with Crippen molar-refractivity contribution in [2.75, 3.05) is 0 Å². The third-order valence-electron chi connectivity index (χ3n) is 2.59. The second kappa shape index (κ2) is 3.24. The zero-order valence-corrected chi connectivity index (χ0v) is 8.22. The van der Waals surface area contributed by atoms with Gasteiger partial charge in [0.15, 0.2) is 0 Å². The lowest BCUT2D eigenvalue weighted by Gasteiger charge is -2.01. The van der Waals surface area contributed by atoms with E-state index in [0.717, 1.165) is 0 Å². The van der Waals surface area contributed by atoms with Crippen molar-refractivity contribution in [1.82, 2.24) is 4.98 Å². The smallest absolute Gasteiger partial charge is 0.246 e. The molecule has 0 unspecified atom stereocenters. The monoisotopic (exact) mass is 195 g/mol. The third-order valence-corrected chi connectivity index (χ3v) is 2.59. The van der Waals surface area contributed by atoms with E-state index in [2.05, 4.69) is 52.0 Å². The van der Waals surface area contributed by atoms with Crippen molar-refractivity contribution in [2.24, 2.45) is 0 Å². The maximum Gasteiger partial charge on any atom is 0.246 e. The number of aromatic amines is 1. The maximum atomic E-state index is 3.06. The molecule has 0 bridgehead atoms. The molecule has 0 aliphatic heterocycles. The van der Waals surface area contributed by atoms with E-state index in [0.29, 0.717) is 0 Å². The molecule has 0 atom stereocenters. The Morgan fingerprint density at radius 2 is 1.80 bits per heavy atom. The number of imidazole rings is 1. The number of H-pyrrole nitrogens is 1. The number of rotatable bonds is 1. The molecule has 3 rings (SSSR count). The Balaban J connectivity index is 2.36. The fourth-order valence-electron chi connectivity index (χ4n) is 1.87. The average molecular weight is 195 g/mol. The Labute approximate surface area is 87.8 Å². The third kappa shape index (κ3) is 1.31. The van der Waals surface area contributed by atoms with Crippen molar-refractivity contribution >= 4 is 10.8 Å². The molecule has 1 N–H and O–H groups in total. The van der Waals surface area contributed by atoms with Crippen molar-refractivity contribution in [1.29, 1.82) is 0 Å². The van der Waals surface area contributed by atoms with Crippen molar-refractivity contribution in [2.45, 2.75) is 0 Å². The van der Waals surface area contributed by atoms with Crippen LogP contribution in [0.1, 0.15) is 0 Å². The molecule has 1 aromatic heterocycles. The predicted molar refractivity (Wildman–Crippen MR) is 59.8 cm³/mol. The molecule has 0 radical (unpaired) electrons. The second-order valence-corrected chi connectivity index (χ2v) is 3.52. The Morgan fingerprint density at radius 3 is 2.67 bits per heavy atom. The Bertz CT molecular complexity index is 577. The number of aromatic nitrogens is 2. The van der Waals surface area contributed by atoms with Gasteiger partial charge in [-0.05, 0) is 11.5 Å². The Morgan fingerprint density at radius 1 is 0.933 bits per heavy atom. The highest BCUT2D eigenvalue weighted by Gasteiger charge is 2.05. The number of benzene rings is 2. The number of hydrogen-bond acceptors (Lipinski definition) is 0. The highest BCUT2D eigenvalue weighted by atomic mass is 15.0. The first-order valence-electron chi connectivity index (χ1n) is 4.97. The van der Waals surface area contributed by atoms with Crippen LogP contribution >= 0.6 is 0 Å². The van der Waals surface area contributed by atoms with Crippen LogP contribution < -0.4 is 4.57 Å². The maximum absolute atomic E-state index is 3.06. The molecule has 0 saturated carbocycles. The van der Waals surface area contributed by atoms with Gasteiger partial charge in [-0.2, -0.15) is 0 Å². The van der Waals surface area contributed by atoms with Crippen LogP contribution in [-0.4, -0.2) is 4.98 Å². The molecule has 72 valence electrons. The summed E-state index contributed by atoms with van der Waals surface area (Å²) in [5.74, 6) is 0. The minimum atomic E-state index is 1.20. The SMILES string of the molecule is c1ccc2c(-[n+]3cc[nH]c3)cccc2c1. The van der Waals surface area contributed by atoms with E-state index in [1.54, 1.807) is 0 Å². The number of fused-ring (bicyclic) bond motifs is 1. The van der Waals surface area contributed by atoms with Gasteiger partial charge in [0.2, 0.25) is 6.33 Å². The first kappa shape index (κ1) is 8.24. The van der Waals surface area contributed by atoms with E-state index < -0.39 is 0 Å². The van der Waals surface area contributed by atoms with Crippen LogP contribution in [-0.2, 0) is 0 Å². The predicted octanol–water partition coefficient (Wildman–Crippen LogP) is 2.44. The van der Waals surface area contributed by atoms with Crippen LogP contribution in [0.15, 0.2) is 61.2 Å². The van der Waals surface area contributed by atoms with Crippen LogP contribution in [0.25, 0.3) is 16.5 Å². The lowest BCUT2D eigenvalue weighted by Crippen LogP contribution is -2.26. The highest BCUT2D eigenvalue weighted by molar-refractivity contribution is 5.88. The summed E-state index contributed by atoms with van der Waals surface area (Å²) in [5.41, 5.74) is 1.20. The van der Waals surface area contributed by atoms with Gasteiger partial charge < -0.3 is 0 Å². The molecule has 2 nitrogen and oxygen atoms in total. The average Bonchev–Trinajstić information content (AvgIpc) is 2.82. The van der Waals surface area contributed by atoms with Gasteiger partial charge in [0.1, 0.15) is 18.1 Å². The molecular weight excluding hydrogens is 184 g/mol. The topological polar surface area (TPSA) is 19.7 Å². The van der Waals surface area contributed by atoms with Crippen LogP contribution in [0.2, 0.25) is 0 Å². The summed E-state index contributed by atoms with van der Waals surface area (Å²) in [4.78, 5) is 3.06. The number of nitrogens with zero attached hydrogens (tertiary/aromatic N) is 1. The molecule has 0 spiro atoms. The summed E-state index contributed by atoms with van der Waals surface area (Å²) < 4.78 is 2.09. The zero-order chi connectivity index (χ0) is 10.1. The molecule has 3 aromatic rings.